The number of carbonyl (C=O) groups excluding carboxylic acids is 1. The summed E-state index contributed by atoms with van der Waals surface area (Å²) >= 11 is 0. The van der Waals surface area contributed by atoms with Crippen LogP contribution in [-0.2, 0) is 4.79 Å². The molecule has 2 fully saturated rings. The maximum Gasteiger partial charge on any atom is 0.326 e. The third-order valence-electron chi connectivity index (χ3n) is 4.25. The summed E-state index contributed by atoms with van der Waals surface area (Å²) in [6.07, 6.45) is 5.43. The topological polar surface area (TPSA) is 78.4 Å². The zero-order valence-corrected chi connectivity index (χ0v) is 11.7. The molecule has 2 amide bonds. The summed E-state index contributed by atoms with van der Waals surface area (Å²) in [6, 6.07) is -1.14. The third kappa shape index (κ3) is 3.85. The Bertz CT molecular complexity index is 360. The van der Waals surface area contributed by atoms with Gasteiger partial charge in [0.2, 0.25) is 0 Å². The van der Waals surface area contributed by atoms with Gasteiger partial charge in [-0.05, 0) is 49.4 Å². The highest BCUT2D eigenvalue weighted by Gasteiger charge is 2.53. The molecule has 5 nitrogen and oxygen atoms in total. The first kappa shape index (κ1) is 14.2. The molecule has 1 atom stereocenters. The number of hydrogen-bond donors (Lipinski definition) is 3. The van der Waals surface area contributed by atoms with Gasteiger partial charge in [0.1, 0.15) is 6.04 Å². The average molecular weight is 268 g/mol. The Morgan fingerprint density at radius 1 is 1.32 bits per heavy atom. The van der Waals surface area contributed by atoms with E-state index in [2.05, 4.69) is 10.6 Å². The van der Waals surface area contributed by atoms with Crippen LogP contribution < -0.4 is 10.6 Å². The average Bonchev–Trinajstić information content (AvgIpc) is 3.15. The van der Waals surface area contributed by atoms with Crippen LogP contribution in [0, 0.1) is 17.3 Å². The lowest BCUT2D eigenvalue weighted by atomic mass is 10.0. The van der Waals surface area contributed by atoms with Crippen LogP contribution in [-0.4, -0.2) is 29.7 Å². The van der Waals surface area contributed by atoms with Crippen LogP contribution in [0.2, 0.25) is 0 Å². The van der Waals surface area contributed by atoms with Crippen molar-refractivity contribution in [2.75, 3.05) is 6.54 Å². The fourth-order valence-corrected chi connectivity index (χ4v) is 2.74. The smallest absolute Gasteiger partial charge is 0.326 e. The number of amides is 2. The van der Waals surface area contributed by atoms with Gasteiger partial charge in [-0.25, -0.2) is 9.59 Å². The summed E-state index contributed by atoms with van der Waals surface area (Å²) < 4.78 is 0. The first-order valence-electron chi connectivity index (χ1n) is 7.20. The summed E-state index contributed by atoms with van der Waals surface area (Å²) in [5.74, 6) is 0.0635. The molecule has 0 radical (unpaired) electrons. The van der Waals surface area contributed by atoms with Crippen LogP contribution >= 0.6 is 0 Å². The molecule has 0 saturated heterocycles. The highest BCUT2D eigenvalue weighted by molar-refractivity contribution is 5.82. The quantitative estimate of drug-likeness (QED) is 0.660. The van der Waals surface area contributed by atoms with Crippen molar-refractivity contribution in [3.63, 3.8) is 0 Å². The first-order valence-corrected chi connectivity index (χ1v) is 7.20. The lowest BCUT2D eigenvalue weighted by Crippen LogP contribution is -2.47. The van der Waals surface area contributed by atoms with E-state index in [0.717, 1.165) is 5.92 Å². The van der Waals surface area contributed by atoms with E-state index in [4.69, 9.17) is 5.11 Å². The Morgan fingerprint density at radius 2 is 1.95 bits per heavy atom. The second-order valence-electron chi connectivity index (χ2n) is 6.48. The summed E-state index contributed by atoms with van der Waals surface area (Å²) in [7, 11) is 0. The highest BCUT2D eigenvalue weighted by atomic mass is 16.4. The number of carboxylic acids is 1. The molecule has 108 valence electrons. The van der Waals surface area contributed by atoms with E-state index >= 15 is 0 Å². The van der Waals surface area contributed by atoms with Crippen molar-refractivity contribution in [1.82, 2.24) is 10.6 Å². The van der Waals surface area contributed by atoms with Gasteiger partial charge >= 0.3 is 12.0 Å². The van der Waals surface area contributed by atoms with Crippen molar-refractivity contribution >= 4 is 12.0 Å². The Labute approximate surface area is 114 Å². The Morgan fingerprint density at radius 3 is 2.37 bits per heavy atom. The van der Waals surface area contributed by atoms with E-state index in [1.54, 1.807) is 0 Å². The minimum Gasteiger partial charge on any atom is -0.480 e. The molecule has 2 aliphatic rings. The van der Waals surface area contributed by atoms with E-state index in [1.807, 2.05) is 13.8 Å². The highest BCUT2D eigenvalue weighted by Crippen LogP contribution is 2.60. The van der Waals surface area contributed by atoms with E-state index in [0.29, 0.717) is 18.4 Å². The van der Waals surface area contributed by atoms with Crippen LogP contribution in [0.25, 0.3) is 0 Å². The molecule has 0 aromatic heterocycles. The summed E-state index contributed by atoms with van der Waals surface area (Å²) in [6.45, 7) is 4.58. The van der Waals surface area contributed by atoms with E-state index in [1.165, 1.54) is 25.7 Å². The monoisotopic (exact) mass is 268 g/mol. The molecular formula is C14H24N2O3. The number of nitrogens with one attached hydrogen (secondary N) is 2. The lowest BCUT2D eigenvalue weighted by Gasteiger charge is -2.19. The van der Waals surface area contributed by atoms with Gasteiger partial charge in [-0.15, -0.1) is 0 Å². The van der Waals surface area contributed by atoms with Crippen molar-refractivity contribution in [3.05, 3.63) is 0 Å². The van der Waals surface area contributed by atoms with Crippen LogP contribution in [0.15, 0.2) is 0 Å². The molecule has 0 spiro atoms. The number of carbonyl (C=O) groups is 2. The predicted molar refractivity (Wildman–Crippen MR) is 71.8 cm³/mol. The van der Waals surface area contributed by atoms with Crippen molar-refractivity contribution < 1.29 is 14.7 Å². The molecule has 2 saturated carbocycles. The fourth-order valence-electron chi connectivity index (χ4n) is 2.74. The third-order valence-corrected chi connectivity index (χ3v) is 4.25. The maximum atomic E-state index is 11.8. The minimum absolute atomic E-state index is 0.239. The summed E-state index contributed by atoms with van der Waals surface area (Å²) in [4.78, 5) is 22.8. The molecule has 0 aliphatic heterocycles. The molecule has 5 heteroatoms. The van der Waals surface area contributed by atoms with Crippen LogP contribution in [0.1, 0.15) is 46.0 Å². The molecule has 19 heavy (non-hydrogen) atoms. The Balaban J connectivity index is 1.74. The van der Waals surface area contributed by atoms with Crippen molar-refractivity contribution in [2.24, 2.45) is 17.3 Å². The first-order chi connectivity index (χ1) is 8.93. The zero-order chi connectivity index (χ0) is 14.0. The number of hydrogen-bond acceptors (Lipinski definition) is 2. The Hall–Kier alpha value is -1.26. The van der Waals surface area contributed by atoms with E-state index in [9.17, 15) is 9.59 Å². The molecule has 0 aromatic carbocycles. The largest absolute Gasteiger partial charge is 0.480 e. The molecule has 0 heterocycles. The van der Waals surface area contributed by atoms with Crippen LogP contribution in [0.5, 0.6) is 0 Å². The molecule has 2 aliphatic carbocycles. The van der Waals surface area contributed by atoms with Gasteiger partial charge in [0.15, 0.2) is 0 Å². The zero-order valence-electron chi connectivity index (χ0n) is 11.7. The summed E-state index contributed by atoms with van der Waals surface area (Å²) in [5, 5.41) is 14.5. The molecule has 0 aromatic rings. The predicted octanol–water partition coefficient (Wildman–Crippen LogP) is 1.98. The molecular weight excluding hydrogens is 244 g/mol. The van der Waals surface area contributed by atoms with E-state index < -0.39 is 12.0 Å². The fraction of sp³-hybridized carbons (Fsp3) is 0.857. The van der Waals surface area contributed by atoms with Crippen molar-refractivity contribution in [2.45, 2.75) is 52.0 Å². The van der Waals surface area contributed by atoms with Crippen molar-refractivity contribution in [1.29, 1.82) is 0 Å². The number of aliphatic carboxylic acids is 1. The van der Waals surface area contributed by atoms with Gasteiger partial charge < -0.3 is 15.7 Å². The second-order valence-corrected chi connectivity index (χ2v) is 6.48. The maximum absolute atomic E-state index is 11.8. The summed E-state index contributed by atoms with van der Waals surface area (Å²) in [5.41, 5.74) is 0.341. The van der Waals surface area contributed by atoms with Gasteiger partial charge in [-0.3, -0.25) is 0 Å². The number of rotatable bonds is 7. The molecule has 2 rings (SSSR count). The normalized spacial score (nSPS) is 21.8. The van der Waals surface area contributed by atoms with Crippen LogP contribution in [0.3, 0.4) is 0 Å². The van der Waals surface area contributed by atoms with Gasteiger partial charge in [-0.2, -0.15) is 0 Å². The molecule has 0 bridgehead atoms. The molecule has 1 unspecified atom stereocenters. The van der Waals surface area contributed by atoms with Gasteiger partial charge in [-0.1, -0.05) is 13.8 Å². The number of carboxylic acid groups (broad SMARTS) is 1. The van der Waals surface area contributed by atoms with Gasteiger partial charge in [0, 0.05) is 6.54 Å². The Kier molecular flexibility index (Phi) is 4.02. The van der Waals surface area contributed by atoms with Gasteiger partial charge in [0.25, 0.3) is 0 Å². The van der Waals surface area contributed by atoms with Gasteiger partial charge in [0.05, 0.1) is 0 Å². The van der Waals surface area contributed by atoms with E-state index in [-0.39, 0.29) is 11.9 Å². The SMILES string of the molecule is CC(C)CC(NC(=O)NCC1(C2CC2)CC1)C(=O)O. The second kappa shape index (κ2) is 5.39. The van der Waals surface area contributed by atoms with Crippen LogP contribution in [0.4, 0.5) is 4.79 Å². The van der Waals surface area contributed by atoms with Crippen molar-refractivity contribution in [3.8, 4) is 0 Å². The number of urea groups is 1. The minimum atomic E-state index is -0.966. The standard InChI is InChI=1S/C14H24N2O3/c1-9(2)7-11(12(17)18)16-13(19)15-8-14(5-6-14)10-3-4-10/h9-11H,3-8H2,1-2H3,(H,17,18)(H2,15,16,19). The lowest BCUT2D eigenvalue weighted by molar-refractivity contribution is -0.139. The molecule has 3 N–H and O–H groups in total.